The van der Waals surface area contributed by atoms with Crippen LogP contribution in [0.15, 0.2) is 54.6 Å². The SMILES string of the molecule is O=S(=O)(O)C(c1cccc(O)c1)(c1ccc(Cl)cc1O)c1ccc(Cl)c(Cl)c1Cl. The molecule has 0 saturated carbocycles. The van der Waals surface area contributed by atoms with Gasteiger partial charge in [-0.3, -0.25) is 4.55 Å². The standard InChI is InChI=1S/C19H12Cl4O5S/c20-11-4-5-13(16(25)9-11)19(29(26,27)28,10-2-1-3-12(24)8-10)14-6-7-15(21)18(23)17(14)22/h1-9,24-25H,(H,26,27,28). The fraction of sp³-hybridized carbons (Fsp3) is 0.0526. The van der Waals surface area contributed by atoms with Gasteiger partial charge in [-0.05, 0) is 35.9 Å². The van der Waals surface area contributed by atoms with Gasteiger partial charge in [0.2, 0.25) is 0 Å². The molecule has 0 aliphatic rings. The normalized spacial score (nSPS) is 13.8. The summed E-state index contributed by atoms with van der Waals surface area (Å²) < 4.78 is 33.9. The first-order chi connectivity index (χ1) is 13.5. The highest BCUT2D eigenvalue weighted by atomic mass is 35.5. The Bertz CT molecular complexity index is 1210. The third kappa shape index (κ3) is 3.65. The smallest absolute Gasteiger partial charge is 0.283 e. The van der Waals surface area contributed by atoms with Gasteiger partial charge in [-0.25, -0.2) is 0 Å². The van der Waals surface area contributed by atoms with Gasteiger partial charge in [0.05, 0.1) is 15.1 Å². The van der Waals surface area contributed by atoms with Crippen molar-refractivity contribution in [2.75, 3.05) is 0 Å². The van der Waals surface area contributed by atoms with Crippen LogP contribution in [-0.4, -0.2) is 23.2 Å². The highest BCUT2D eigenvalue weighted by molar-refractivity contribution is 7.87. The molecule has 0 fully saturated rings. The molecule has 0 aliphatic carbocycles. The number of benzene rings is 3. The molecule has 3 aromatic carbocycles. The van der Waals surface area contributed by atoms with Crippen LogP contribution in [-0.2, 0) is 14.9 Å². The molecular formula is C19H12Cl4O5S. The zero-order chi connectivity index (χ0) is 21.6. The third-order valence-corrected chi connectivity index (χ3v) is 7.37. The van der Waals surface area contributed by atoms with Crippen LogP contribution in [0.5, 0.6) is 11.5 Å². The molecule has 1 atom stereocenters. The lowest BCUT2D eigenvalue weighted by molar-refractivity contribution is 0.439. The van der Waals surface area contributed by atoms with Crippen LogP contribution < -0.4 is 0 Å². The number of phenols is 2. The van der Waals surface area contributed by atoms with Crippen molar-refractivity contribution in [2.24, 2.45) is 0 Å². The summed E-state index contributed by atoms with van der Waals surface area (Å²) in [7, 11) is -5.09. The lowest BCUT2D eigenvalue weighted by atomic mass is 9.83. The van der Waals surface area contributed by atoms with E-state index in [0.29, 0.717) is 0 Å². The number of halogens is 4. The highest BCUT2D eigenvalue weighted by Crippen LogP contribution is 2.51. The van der Waals surface area contributed by atoms with Crippen LogP contribution in [0.4, 0.5) is 0 Å². The molecule has 0 aromatic heterocycles. The molecule has 0 amide bonds. The van der Waals surface area contributed by atoms with Gasteiger partial charge in [0.25, 0.3) is 10.1 Å². The minimum absolute atomic E-state index is 0.0564. The van der Waals surface area contributed by atoms with Crippen molar-refractivity contribution in [3.05, 3.63) is 91.4 Å². The first-order valence-corrected chi connectivity index (χ1v) is 10.8. The Hall–Kier alpha value is -1.67. The first-order valence-electron chi connectivity index (χ1n) is 7.89. The largest absolute Gasteiger partial charge is 0.508 e. The fourth-order valence-electron chi connectivity index (χ4n) is 3.21. The molecule has 3 aromatic rings. The molecule has 0 bridgehead atoms. The van der Waals surface area contributed by atoms with Gasteiger partial charge in [-0.1, -0.05) is 70.7 Å². The average molecular weight is 494 g/mol. The van der Waals surface area contributed by atoms with Crippen molar-refractivity contribution in [2.45, 2.75) is 4.75 Å². The molecule has 10 heteroatoms. The second-order valence-electron chi connectivity index (χ2n) is 6.09. The molecule has 152 valence electrons. The van der Waals surface area contributed by atoms with Crippen molar-refractivity contribution in [3.8, 4) is 11.5 Å². The Morgan fingerprint density at radius 1 is 0.793 bits per heavy atom. The van der Waals surface area contributed by atoms with E-state index in [-0.39, 0.29) is 42.5 Å². The molecule has 1 unspecified atom stereocenters. The summed E-state index contributed by atoms with van der Waals surface area (Å²) in [5.74, 6) is -0.805. The molecule has 0 aliphatic heterocycles. The minimum Gasteiger partial charge on any atom is -0.508 e. The van der Waals surface area contributed by atoms with Crippen molar-refractivity contribution >= 4 is 56.5 Å². The first kappa shape index (κ1) is 22.0. The van der Waals surface area contributed by atoms with E-state index in [9.17, 15) is 23.2 Å². The van der Waals surface area contributed by atoms with E-state index in [1.807, 2.05) is 0 Å². The van der Waals surface area contributed by atoms with Crippen LogP contribution in [0.2, 0.25) is 20.1 Å². The van der Waals surface area contributed by atoms with Crippen molar-refractivity contribution < 1.29 is 23.2 Å². The topological polar surface area (TPSA) is 94.8 Å². The monoisotopic (exact) mass is 492 g/mol. The van der Waals surface area contributed by atoms with Crippen LogP contribution in [0, 0.1) is 0 Å². The van der Waals surface area contributed by atoms with E-state index in [4.69, 9.17) is 46.4 Å². The summed E-state index contributed by atoms with van der Waals surface area (Å²) in [5, 5.41) is 20.3. The van der Waals surface area contributed by atoms with E-state index in [1.54, 1.807) is 0 Å². The number of phenolic OH excluding ortho intramolecular Hbond substituents is 2. The van der Waals surface area contributed by atoms with Crippen LogP contribution in [0.1, 0.15) is 16.7 Å². The fourth-order valence-corrected chi connectivity index (χ4v) is 5.43. The van der Waals surface area contributed by atoms with Crippen LogP contribution in [0.3, 0.4) is 0 Å². The lowest BCUT2D eigenvalue weighted by Crippen LogP contribution is -2.38. The number of aromatic hydroxyl groups is 2. The summed E-state index contributed by atoms with van der Waals surface area (Å²) in [5.41, 5.74) is -0.535. The molecule has 5 nitrogen and oxygen atoms in total. The second-order valence-corrected chi connectivity index (χ2v) is 9.25. The van der Waals surface area contributed by atoms with Gasteiger partial charge in [-0.15, -0.1) is 0 Å². The van der Waals surface area contributed by atoms with Gasteiger partial charge >= 0.3 is 0 Å². The number of rotatable bonds is 4. The Morgan fingerprint density at radius 2 is 1.45 bits per heavy atom. The summed E-state index contributed by atoms with van der Waals surface area (Å²) in [4.78, 5) is 0. The average Bonchev–Trinajstić information content (AvgIpc) is 2.62. The summed E-state index contributed by atoms with van der Waals surface area (Å²) in [6.45, 7) is 0. The zero-order valence-electron chi connectivity index (χ0n) is 14.3. The molecule has 0 saturated heterocycles. The van der Waals surface area contributed by atoms with Gasteiger partial charge < -0.3 is 10.2 Å². The maximum absolute atomic E-state index is 12.9. The molecule has 29 heavy (non-hydrogen) atoms. The van der Waals surface area contributed by atoms with E-state index in [1.165, 1.54) is 42.5 Å². The third-order valence-electron chi connectivity index (χ3n) is 4.39. The number of hydrogen-bond acceptors (Lipinski definition) is 4. The Morgan fingerprint density at radius 3 is 2.03 bits per heavy atom. The molecule has 0 radical (unpaired) electrons. The molecule has 0 spiro atoms. The lowest BCUT2D eigenvalue weighted by Gasteiger charge is -2.34. The highest BCUT2D eigenvalue weighted by Gasteiger charge is 2.51. The van der Waals surface area contributed by atoms with Crippen molar-refractivity contribution in [3.63, 3.8) is 0 Å². The molecular weight excluding hydrogens is 482 g/mol. The molecule has 0 heterocycles. The van der Waals surface area contributed by atoms with Gasteiger partial charge in [0.15, 0.2) is 4.75 Å². The van der Waals surface area contributed by atoms with E-state index < -0.39 is 20.6 Å². The Kier molecular flexibility index (Phi) is 5.98. The van der Waals surface area contributed by atoms with Gasteiger partial charge in [0, 0.05) is 16.1 Å². The van der Waals surface area contributed by atoms with Crippen LogP contribution in [0.25, 0.3) is 0 Å². The number of hydrogen-bond donors (Lipinski definition) is 3. The van der Waals surface area contributed by atoms with E-state index in [0.717, 1.165) is 12.1 Å². The van der Waals surface area contributed by atoms with Crippen LogP contribution >= 0.6 is 46.4 Å². The minimum atomic E-state index is -5.09. The molecule has 3 N–H and O–H groups in total. The maximum atomic E-state index is 12.9. The predicted octanol–water partition coefficient (Wildman–Crippen LogP) is 5.89. The Labute approximate surface area is 186 Å². The molecule has 3 rings (SSSR count). The summed E-state index contributed by atoms with van der Waals surface area (Å²) >= 11 is 24.4. The van der Waals surface area contributed by atoms with Gasteiger partial charge in [-0.2, -0.15) is 8.42 Å². The van der Waals surface area contributed by atoms with E-state index >= 15 is 0 Å². The predicted molar refractivity (Wildman–Crippen MR) is 114 cm³/mol. The summed E-state index contributed by atoms with van der Waals surface area (Å²) in [6.07, 6.45) is 0. The van der Waals surface area contributed by atoms with Crippen molar-refractivity contribution in [1.82, 2.24) is 0 Å². The van der Waals surface area contributed by atoms with E-state index in [2.05, 4.69) is 0 Å². The maximum Gasteiger partial charge on any atom is 0.283 e. The Balaban J connectivity index is 2.61. The zero-order valence-corrected chi connectivity index (χ0v) is 18.1. The quantitative estimate of drug-likeness (QED) is 0.239. The second kappa shape index (κ2) is 7.87. The van der Waals surface area contributed by atoms with Crippen molar-refractivity contribution in [1.29, 1.82) is 0 Å². The summed E-state index contributed by atoms with van der Waals surface area (Å²) in [6, 6.07) is 11.4. The van der Waals surface area contributed by atoms with Gasteiger partial charge in [0.1, 0.15) is 11.5 Å².